The molecule has 8 nitrogen and oxygen atoms in total. The molecule has 0 aliphatic rings. The van der Waals surface area contributed by atoms with E-state index in [0.29, 0.717) is 34.7 Å². The van der Waals surface area contributed by atoms with E-state index < -0.39 is 7.55 Å². The molecule has 15 rings (SSSR count). The molecule has 1 atom stereocenters. The quantitative estimate of drug-likeness (QED) is 0.120. The van der Waals surface area contributed by atoms with Crippen molar-refractivity contribution in [3.8, 4) is 102 Å². The lowest BCUT2D eigenvalue weighted by molar-refractivity contribution is 1.06. The highest BCUT2D eigenvalue weighted by Gasteiger charge is 2.28. The van der Waals surface area contributed by atoms with Gasteiger partial charge in [0.05, 0.1) is 39.7 Å². The van der Waals surface area contributed by atoms with Crippen LogP contribution in [0.5, 0.6) is 0 Å². The van der Waals surface area contributed by atoms with E-state index in [1.807, 2.05) is 54.6 Å². The van der Waals surface area contributed by atoms with Crippen molar-refractivity contribution in [1.29, 1.82) is 0 Å². The summed E-state index contributed by atoms with van der Waals surface area (Å²) < 4.78 is 4.85. The summed E-state index contributed by atoms with van der Waals surface area (Å²) in [5.41, 5.74) is 20.0. The van der Waals surface area contributed by atoms with Crippen LogP contribution in [0.3, 0.4) is 0 Å². The van der Waals surface area contributed by atoms with Crippen molar-refractivity contribution in [3.63, 3.8) is 0 Å². The second-order valence-electron chi connectivity index (χ2n) is 21.6. The minimum Gasteiger partial charge on any atom is -0.308 e. The van der Waals surface area contributed by atoms with E-state index in [9.17, 15) is 0 Å². The molecular formula is C76H54N8P+. The third-order valence-corrected chi connectivity index (χ3v) is 17.0. The Balaban J connectivity index is 1.02. The van der Waals surface area contributed by atoms with Crippen LogP contribution in [0, 0.1) is 13.8 Å². The van der Waals surface area contributed by atoms with Crippen molar-refractivity contribution >= 4 is 63.0 Å². The Morgan fingerprint density at radius 3 is 1.01 bits per heavy atom. The Labute approximate surface area is 493 Å². The summed E-state index contributed by atoms with van der Waals surface area (Å²) in [5.74, 6) is 2.95. The minimum atomic E-state index is -0.949. The van der Waals surface area contributed by atoms with Crippen LogP contribution >= 0.6 is 7.55 Å². The predicted molar refractivity (Wildman–Crippen MR) is 354 cm³/mol. The number of aryl methyl sites for hydroxylation is 2. The van der Waals surface area contributed by atoms with Crippen LogP contribution in [0.15, 0.2) is 261 Å². The van der Waals surface area contributed by atoms with Gasteiger partial charge in [-0.2, -0.15) is 9.97 Å². The summed E-state index contributed by atoms with van der Waals surface area (Å²) in [6.45, 7) is 6.42. The topological polar surface area (TPSA) is 87.2 Å². The third kappa shape index (κ3) is 8.99. The zero-order chi connectivity index (χ0) is 57.1. The van der Waals surface area contributed by atoms with Crippen LogP contribution in [-0.2, 0) is 0 Å². The average Bonchev–Trinajstić information content (AvgIpc) is 1.89. The Morgan fingerprint density at radius 1 is 0.282 bits per heavy atom. The molecular weight excluding hydrogens is 1060 g/mol. The highest BCUT2D eigenvalue weighted by molar-refractivity contribution is 7.62. The van der Waals surface area contributed by atoms with Gasteiger partial charge in [0.2, 0.25) is 0 Å². The van der Waals surface area contributed by atoms with Gasteiger partial charge in [-0.3, -0.25) is 0 Å². The fourth-order valence-corrected chi connectivity index (χ4v) is 12.8. The van der Waals surface area contributed by atoms with E-state index in [1.54, 1.807) is 0 Å². The van der Waals surface area contributed by atoms with E-state index in [2.05, 4.69) is 242 Å². The summed E-state index contributed by atoms with van der Waals surface area (Å²) in [6.07, 6.45) is 4.49. The molecule has 0 aliphatic heterocycles. The lowest BCUT2D eigenvalue weighted by Gasteiger charge is -2.23. The minimum absolute atomic E-state index is 0.565. The van der Waals surface area contributed by atoms with Gasteiger partial charge in [-0.15, -0.1) is 0 Å². The molecule has 0 fully saturated rings. The second-order valence-corrected chi connectivity index (χ2v) is 23.4. The molecule has 0 amide bonds. The highest BCUT2D eigenvalue weighted by atomic mass is 31.1. The van der Waals surface area contributed by atoms with Crippen LogP contribution in [0.2, 0.25) is 0 Å². The van der Waals surface area contributed by atoms with Crippen LogP contribution in [0.25, 0.3) is 145 Å². The van der Waals surface area contributed by atoms with Gasteiger partial charge in [0.1, 0.15) is 6.66 Å². The Kier molecular flexibility index (Phi) is 12.7. The first kappa shape index (κ1) is 51.1. The number of hydrogen-bond donors (Lipinski definition) is 0. The molecule has 4 aromatic heterocycles. The number of nitrogens with zero attached hydrogens (tertiary/aromatic N) is 8. The fraction of sp³-hybridized carbons (Fsp3) is 0.0395. The van der Waals surface area contributed by atoms with Gasteiger partial charge in [0.15, 0.2) is 36.7 Å². The number of benzene rings is 11. The van der Waals surface area contributed by atoms with Crippen molar-refractivity contribution < 1.29 is 0 Å². The van der Waals surface area contributed by atoms with Gasteiger partial charge >= 0.3 is 5.57 Å². The van der Waals surface area contributed by atoms with Crippen LogP contribution in [-0.4, -0.2) is 52.0 Å². The average molecular weight is 1110 g/mol. The first-order valence-corrected chi connectivity index (χ1v) is 30.5. The van der Waals surface area contributed by atoms with Crippen LogP contribution < -0.4 is 5.57 Å². The van der Waals surface area contributed by atoms with Gasteiger partial charge in [-0.25, -0.2) is 19.9 Å². The maximum atomic E-state index is 5.41. The maximum absolute atomic E-state index is 5.41. The Hall–Kier alpha value is -10.8. The SMILES string of the molecule is C=[P+](C)c1nc(-c2ccccc2)nc(-c2cccc(-c3ccccc3-c3ccccc3-c3cccc(-c4nc(-c5ccccc5)nc(-c5ccccc5)n4)c3-n3c4ccccc4c4cc(C)ccc43)c2-n2c3ccccc3c3cc(C)ccc32)n1. The van der Waals surface area contributed by atoms with Crippen molar-refractivity contribution in [2.45, 2.75) is 13.8 Å². The van der Waals surface area contributed by atoms with Gasteiger partial charge in [-0.1, -0.05) is 223 Å². The van der Waals surface area contributed by atoms with E-state index in [4.69, 9.17) is 29.9 Å². The molecule has 1 unspecified atom stereocenters. The van der Waals surface area contributed by atoms with Crippen molar-refractivity contribution in [3.05, 3.63) is 272 Å². The van der Waals surface area contributed by atoms with Gasteiger partial charge < -0.3 is 9.13 Å². The summed E-state index contributed by atoms with van der Waals surface area (Å²) in [7, 11) is -0.949. The largest absolute Gasteiger partial charge is 0.337 e. The number of para-hydroxylation sites is 4. The summed E-state index contributed by atoms with van der Waals surface area (Å²) in [5, 5.41) is 4.66. The van der Waals surface area contributed by atoms with Gasteiger partial charge in [0, 0.05) is 60.5 Å². The fourth-order valence-electron chi connectivity index (χ4n) is 12.2. The Morgan fingerprint density at radius 2 is 0.588 bits per heavy atom. The van der Waals surface area contributed by atoms with Crippen LogP contribution in [0.1, 0.15) is 11.1 Å². The monoisotopic (exact) mass is 1110 g/mol. The zero-order valence-electron chi connectivity index (χ0n) is 47.1. The van der Waals surface area contributed by atoms with E-state index >= 15 is 0 Å². The molecule has 0 saturated heterocycles. The molecule has 0 bridgehead atoms. The predicted octanol–water partition coefficient (Wildman–Crippen LogP) is 18.4. The number of aromatic nitrogens is 8. The highest BCUT2D eigenvalue weighted by Crippen LogP contribution is 2.48. The molecule has 0 N–H and O–H groups in total. The molecule has 9 heteroatoms. The van der Waals surface area contributed by atoms with Crippen molar-refractivity contribution in [2.75, 3.05) is 6.66 Å². The smallest absolute Gasteiger partial charge is 0.308 e. The van der Waals surface area contributed by atoms with Crippen molar-refractivity contribution in [1.82, 2.24) is 39.0 Å². The molecule has 0 saturated carbocycles. The molecule has 4 heterocycles. The lowest BCUT2D eigenvalue weighted by atomic mass is 9.87. The Bertz CT molecular complexity index is 5070. The van der Waals surface area contributed by atoms with Gasteiger partial charge in [-0.05, 0) is 84.6 Å². The molecule has 15 aromatic rings. The molecule has 85 heavy (non-hydrogen) atoms. The number of rotatable bonds is 11. The first-order valence-electron chi connectivity index (χ1n) is 28.5. The van der Waals surface area contributed by atoms with E-state index in [-0.39, 0.29) is 0 Å². The summed E-state index contributed by atoms with van der Waals surface area (Å²) in [4.78, 5) is 31.7. The zero-order valence-corrected chi connectivity index (χ0v) is 48.0. The molecule has 402 valence electrons. The summed E-state index contributed by atoms with van der Waals surface area (Å²) >= 11 is 0. The second kappa shape index (κ2) is 21.2. The number of hydrogen-bond acceptors (Lipinski definition) is 6. The summed E-state index contributed by atoms with van der Waals surface area (Å²) in [6, 6.07) is 92.3. The normalized spacial score (nSPS) is 11.7. The third-order valence-electron chi connectivity index (χ3n) is 16.1. The molecule has 0 spiro atoms. The maximum Gasteiger partial charge on any atom is 0.337 e. The number of fused-ring (bicyclic) bond motifs is 6. The van der Waals surface area contributed by atoms with E-state index in [1.165, 1.54) is 21.9 Å². The molecule has 0 radical (unpaired) electrons. The van der Waals surface area contributed by atoms with Crippen molar-refractivity contribution in [2.24, 2.45) is 0 Å². The lowest BCUT2D eigenvalue weighted by Crippen LogP contribution is -2.14. The first-order chi connectivity index (χ1) is 41.8. The standard InChI is InChI=1S/C76H54N8P/c1-48-42-44-67-63(46-48)57-34-18-20-40-65(57)83(67)69-59(36-22-38-61(69)74-78-71(50-24-8-5-9-25-50)77-72(79-74)51-26-10-6-11-27-51)55-32-16-14-30-53(55)54-31-15-17-33-56(54)60-37-23-39-62(75-80-73(52-28-12-7-13-29-52)81-76(82-75)85(3)4)70(60)84-66-41-21-19-35-58(66)64-47-49(2)43-45-68(64)84/h5-47H,3H2,1-2,4H3/q+1. The van der Waals surface area contributed by atoms with Gasteiger partial charge in [0.25, 0.3) is 0 Å². The molecule has 11 aromatic carbocycles. The van der Waals surface area contributed by atoms with Crippen LogP contribution in [0.4, 0.5) is 0 Å². The van der Waals surface area contributed by atoms with E-state index in [0.717, 1.165) is 105 Å². The molecule has 0 aliphatic carbocycles.